The molecule has 1 aliphatic heterocycles. The largest absolute Gasteiger partial charge is 0.382 e. The van der Waals surface area contributed by atoms with E-state index < -0.39 is 0 Å². The molecule has 4 N–H and O–H groups in total. The number of anilines is 2. The summed E-state index contributed by atoms with van der Waals surface area (Å²) in [6.07, 6.45) is 4.88. The Bertz CT molecular complexity index is 734. The predicted molar refractivity (Wildman–Crippen MR) is 92.1 cm³/mol. The number of hydrogen-bond acceptors (Lipinski definition) is 5. The molecule has 0 bridgehead atoms. The summed E-state index contributed by atoms with van der Waals surface area (Å²) in [6, 6.07) is 8.77. The Labute approximate surface area is 136 Å². The lowest BCUT2D eigenvalue weighted by atomic mass is 9.73. The van der Waals surface area contributed by atoms with Crippen LogP contribution in [0.25, 0.3) is 0 Å². The lowest BCUT2D eigenvalue weighted by molar-refractivity contribution is 0.187. The number of fused-ring (bicyclic) bond motifs is 1. The molecule has 0 unspecified atom stereocenters. The first-order chi connectivity index (χ1) is 11.1. The van der Waals surface area contributed by atoms with Crippen LogP contribution in [-0.4, -0.2) is 23.1 Å². The first kappa shape index (κ1) is 14.5. The molecule has 1 aromatic heterocycles. The number of aryl methyl sites for hydroxylation is 1. The average molecular weight is 309 g/mol. The lowest BCUT2D eigenvalue weighted by Crippen LogP contribution is -2.44. The zero-order valence-corrected chi connectivity index (χ0v) is 13.5. The minimum Gasteiger partial charge on any atom is -0.382 e. The normalized spacial score (nSPS) is 22.3. The minimum absolute atomic E-state index is 0.147. The highest BCUT2D eigenvalue weighted by Crippen LogP contribution is 2.50. The number of nitrogens with zero attached hydrogens (tertiary/aromatic N) is 3. The van der Waals surface area contributed by atoms with E-state index in [1.807, 2.05) is 6.92 Å². The molecular formula is C18H23N5. The minimum atomic E-state index is 0.147. The highest BCUT2D eigenvalue weighted by molar-refractivity contribution is 5.48. The fraction of sp³-hybridized carbons (Fsp3) is 0.444. The summed E-state index contributed by atoms with van der Waals surface area (Å²) in [4.78, 5) is 11.1. The van der Waals surface area contributed by atoms with Gasteiger partial charge in [0, 0.05) is 19.1 Å². The second-order valence-corrected chi connectivity index (χ2v) is 6.91. The molecule has 1 aliphatic carbocycles. The first-order valence-electron chi connectivity index (χ1n) is 8.26. The molecule has 5 heteroatoms. The molecular weight excluding hydrogens is 286 g/mol. The van der Waals surface area contributed by atoms with Gasteiger partial charge >= 0.3 is 0 Å². The maximum atomic E-state index is 6.63. The van der Waals surface area contributed by atoms with Crippen molar-refractivity contribution in [2.75, 3.05) is 23.7 Å². The van der Waals surface area contributed by atoms with E-state index in [4.69, 9.17) is 11.5 Å². The van der Waals surface area contributed by atoms with E-state index in [2.05, 4.69) is 39.1 Å². The number of nitrogen functional groups attached to an aromatic ring is 1. The quantitative estimate of drug-likeness (QED) is 0.844. The SMILES string of the molecule is Cc1ncc(N)nc1N1CCC2(CC1)Cc1ccccc1[C@H]2N. The van der Waals surface area contributed by atoms with Gasteiger partial charge in [0.2, 0.25) is 0 Å². The molecule has 1 atom stereocenters. The van der Waals surface area contributed by atoms with E-state index in [9.17, 15) is 0 Å². The third kappa shape index (κ3) is 2.27. The van der Waals surface area contributed by atoms with Crippen molar-refractivity contribution in [1.82, 2.24) is 9.97 Å². The van der Waals surface area contributed by atoms with Gasteiger partial charge in [-0.3, -0.25) is 4.98 Å². The van der Waals surface area contributed by atoms with Crippen LogP contribution in [0.4, 0.5) is 11.6 Å². The van der Waals surface area contributed by atoms with E-state index in [-0.39, 0.29) is 11.5 Å². The molecule has 5 nitrogen and oxygen atoms in total. The van der Waals surface area contributed by atoms with E-state index in [1.54, 1.807) is 6.20 Å². The van der Waals surface area contributed by atoms with Gasteiger partial charge in [0.15, 0.2) is 5.82 Å². The second kappa shape index (κ2) is 5.20. The summed E-state index contributed by atoms with van der Waals surface area (Å²) in [6.45, 7) is 3.91. The zero-order valence-electron chi connectivity index (χ0n) is 13.5. The molecule has 1 saturated heterocycles. The molecule has 0 amide bonds. The standard InChI is InChI=1S/C18H23N5/c1-12-17(22-15(19)11-21-12)23-8-6-18(7-9-23)10-13-4-2-3-5-14(13)16(18)20/h2-5,11,16H,6-10,20H2,1H3,(H2,19,22)/t16-/m1/s1. The molecule has 120 valence electrons. The van der Waals surface area contributed by atoms with Crippen molar-refractivity contribution in [3.05, 3.63) is 47.3 Å². The molecule has 0 saturated carbocycles. The molecule has 1 fully saturated rings. The van der Waals surface area contributed by atoms with Crippen LogP contribution in [0.1, 0.15) is 35.7 Å². The van der Waals surface area contributed by atoms with Crippen molar-refractivity contribution in [2.24, 2.45) is 11.1 Å². The monoisotopic (exact) mass is 309 g/mol. The Kier molecular flexibility index (Phi) is 3.27. The summed E-state index contributed by atoms with van der Waals surface area (Å²) < 4.78 is 0. The number of benzene rings is 1. The number of rotatable bonds is 1. The third-order valence-corrected chi connectivity index (χ3v) is 5.60. The summed E-state index contributed by atoms with van der Waals surface area (Å²) in [5.74, 6) is 1.40. The van der Waals surface area contributed by atoms with Crippen LogP contribution in [0.2, 0.25) is 0 Å². The fourth-order valence-corrected chi connectivity index (χ4v) is 4.22. The van der Waals surface area contributed by atoms with Gasteiger partial charge in [-0.05, 0) is 42.7 Å². The van der Waals surface area contributed by atoms with E-state index in [0.29, 0.717) is 5.82 Å². The zero-order chi connectivity index (χ0) is 16.0. The Morgan fingerprint density at radius 3 is 2.70 bits per heavy atom. The number of aromatic nitrogens is 2. The highest BCUT2D eigenvalue weighted by Gasteiger charge is 2.45. The van der Waals surface area contributed by atoms with Crippen LogP contribution >= 0.6 is 0 Å². The van der Waals surface area contributed by atoms with Crippen molar-refractivity contribution in [2.45, 2.75) is 32.2 Å². The van der Waals surface area contributed by atoms with Gasteiger partial charge in [-0.25, -0.2) is 4.98 Å². The second-order valence-electron chi connectivity index (χ2n) is 6.91. The molecule has 4 rings (SSSR count). The van der Waals surface area contributed by atoms with Gasteiger partial charge in [-0.1, -0.05) is 24.3 Å². The number of nitrogens with two attached hydrogens (primary N) is 2. The number of piperidine rings is 1. The first-order valence-corrected chi connectivity index (χ1v) is 8.26. The molecule has 2 aliphatic rings. The van der Waals surface area contributed by atoms with Crippen LogP contribution in [0.5, 0.6) is 0 Å². The Balaban J connectivity index is 1.55. The summed E-state index contributed by atoms with van der Waals surface area (Å²) >= 11 is 0. The van der Waals surface area contributed by atoms with Crippen molar-refractivity contribution in [3.8, 4) is 0 Å². The van der Waals surface area contributed by atoms with Gasteiger partial charge in [0.05, 0.1) is 11.9 Å². The molecule has 0 radical (unpaired) electrons. The predicted octanol–water partition coefficient (Wildman–Crippen LogP) is 2.21. The van der Waals surface area contributed by atoms with Crippen LogP contribution in [0.3, 0.4) is 0 Å². The summed E-state index contributed by atoms with van der Waals surface area (Å²) in [5.41, 5.74) is 16.3. The molecule has 1 aromatic carbocycles. The maximum absolute atomic E-state index is 6.63. The fourth-order valence-electron chi connectivity index (χ4n) is 4.22. The molecule has 2 heterocycles. The Morgan fingerprint density at radius 2 is 1.96 bits per heavy atom. The lowest BCUT2D eigenvalue weighted by Gasteiger charge is -2.42. The van der Waals surface area contributed by atoms with Gasteiger partial charge < -0.3 is 16.4 Å². The van der Waals surface area contributed by atoms with Crippen molar-refractivity contribution in [1.29, 1.82) is 0 Å². The molecule has 1 spiro atoms. The van der Waals surface area contributed by atoms with Crippen molar-refractivity contribution >= 4 is 11.6 Å². The van der Waals surface area contributed by atoms with Crippen LogP contribution in [0.15, 0.2) is 30.5 Å². The summed E-state index contributed by atoms with van der Waals surface area (Å²) in [5, 5.41) is 0. The highest BCUT2D eigenvalue weighted by atomic mass is 15.2. The van der Waals surface area contributed by atoms with Gasteiger partial charge in [0.25, 0.3) is 0 Å². The molecule has 2 aromatic rings. The average Bonchev–Trinajstić information content (AvgIpc) is 2.83. The van der Waals surface area contributed by atoms with Crippen molar-refractivity contribution < 1.29 is 0 Å². The van der Waals surface area contributed by atoms with Crippen LogP contribution in [-0.2, 0) is 6.42 Å². The molecule has 23 heavy (non-hydrogen) atoms. The van der Waals surface area contributed by atoms with E-state index in [1.165, 1.54) is 11.1 Å². The topological polar surface area (TPSA) is 81.1 Å². The van der Waals surface area contributed by atoms with E-state index in [0.717, 1.165) is 43.9 Å². The summed E-state index contributed by atoms with van der Waals surface area (Å²) in [7, 11) is 0. The number of hydrogen-bond donors (Lipinski definition) is 2. The van der Waals surface area contributed by atoms with Crippen molar-refractivity contribution in [3.63, 3.8) is 0 Å². The van der Waals surface area contributed by atoms with Crippen LogP contribution < -0.4 is 16.4 Å². The third-order valence-electron chi connectivity index (χ3n) is 5.60. The van der Waals surface area contributed by atoms with Gasteiger partial charge in [-0.15, -0.1) is 0 Å². The maximum Gasteiger partial charge on any atom is 0.152 e. The Morgan fingerprint density at radius 1 is 1.22 bits per heavy atom. The van der Waals surface area contributed by atoms with Gasteiger partial charge in [0.1, 0.15) is 5.82 Å². The van der Waals surface area contributed by atoms with E-state index >= 15 is 0 Å². The van der Waals surface area contributed by atoms with Crippen LogP contribution in [0, 0.1) is 12.3 Å². The Hall–Kier alpha value is -2.14. The smallest absolute Gasteiger partial charge is 0.152 e. The van der Waals surface area contributed by atoms with Gasteiger partial charge in [-0.2, -0.15) is 0 Å².